The Morgan fingerprint density at radius 1 is 1.26 bits per heavy atom. The highest BCUT2D eigenvalue weighted by Gasteiger charge is 2.12. The van der Waals surface area contributed by atoms with Crippen molar-refractivity contribution >= 4 is 0 Å². The number of benzene rings is 1. The van der Waals surface area contributed by atoms with E-state index in [0.717, 1.165) is 18.6 Å². The van der Waals surface area contributed by atoms with Crippen LogP contribution in [0.5, 0.6) is 5.75 Å². The lowest BCUT2D eigenvalue weighted by Gasteiger charge is -2.19. The molecular weight excluding hydrogens is 238 g/mol. The van der Waals surface area contributed by atoms with Gasteiger partial charge in [0.25, 0.3) is 0 Å². The Bertz CT molecular complexity index is 440. The summed E-state index contributed by atoms with van der Waals surface area (Å²) in [6.45, 7) is 5.02. The zero-order valence-corrected chi connectivity index (χ0v) is 11.7. The van der Waals surface area contributed by atoms with Gasteiger partial charge in [0, 0.05) is 18.2 Å². The number of aliphatic hydroxyl groups excluding tert-OH is 1. The molecule has 104 valence electrons. The molecule has 3 nitrogen and oxygen atoms in total. The largest absolute Gasteiger partial charge is 0.491 e. The SMILES string of the molecule is CC(C)NC[C@H](O)COc1cccc2c1CC=CC2. The van der Waals surface area contributed by atoms with Gasteiger partial charge in [-0.25, -0.2) is 0 Å². The third-order valence-electron chi connectivity index (χ3n) is 3.25. The van der Waals surface area contributed by atoms with Crippen molar-refractivity contribution in [2.45, 2.75) is 38.8 Å². The van der Waals surface area contributed by atoms with E-state index in [-0.39, 0.29) is 0 Å². The molecule has 1 aliphatic rings. The predicted molar refractivity (Wildman–Crippen MR) is 77.6 cm³/mol. The average Bonchev–Trinajstić information content (AvgIpc) is 2.42. The van der Waals surface area contributed by atoms with Gasteiger partial charge < -0.3 is 15.2 Å². The van der Waals surface area contributed by atoms with Crippen LogP contribution >= 0.6 is 0 Å². The number of hydrogen-bond acceptors (Lipinski definition) is 3. The van der Waals surface area contributed by atoms with E-state index < -0.39 is 6.10 Å². The van der Waals surface area contributed by atoms with Gasteiger partial charge in [-0.2, -0.15) is 0 Å². The molecule has 2 rings (SSSR count). The number of rotatable bonds is 6. The first-order valence-electron chi connectivity index (χ1n) is 6.97. The van der Waals surface area contributed by atoms with Crippen LogP contribution in [0.2, 0.25) is 0 Å². The second-order valence-corrected chi connectivity index (χ2v) is 5.30. The summed E-state index contributed by atoms with van der Waals surface area (Å²) in [5, 5.41) is 13.1. The Labute approximate surface area is 115 Å². The second-order valence-electron chi connectivity index (χ2n) is 5.30. The van der Waals surface area contributed by atoms with Gasteiger partial charge in [-0.1, -0.05) is 38.1 Å². The van der Waals surface area contributed by atoms with Gasteiger partial charge in [-0.15, -0.1) is 0 Å². The first kappa shape index (κ1) is 14.1. The Hall–Kier alpha value is -1.32. The quantitative estimate of drug-likeness (QED) is 0.770. The maximum absolute atomic E-state index is 9.86. The molecule has 0 saturated heterocycles. The van der Waals surface area contributed by atoms with Crippen molar-refractivity contribution in [3.8, 4) is 5.75 Å². The van der Waals surface area contributed by atoms with Crippen LogP contribution in [0.15, 0.2) is 30.4 Å². The molecule has 0 spiro atoms. The number of ether oxygens (including phenoxy) is 1. The van der Waals surface area contributed by atoms with Crippen LogP contribution in [-0.2, 0) is 12.8 Å². The zero-order valence-electron chi connectivity index (χ0n) is 11.7. The molecule has 0 saturated carbocycles. The van der Waals surface area contributed by atoms with E-state index in [1.165, 1.54) is 11.1 Å². The lowest BCUT2D eigenvalue weighted by atomic mass is 9.96. The molecule has 2 N–H and O–H groups in total. The minimum atomic E-state index is -0.475. The maximum Gasteiger partial charge on any atom is 0.123 e. The third-order valence-corrected chi connectivity index (χ3v) is 3.25. The van der Waals surface area contributed by atoms with Gasteiger partial charge in [0.05, 0.1) is 0 Å². The summed E-state index contributed by atoms with van der Waals surface area (Å²) in [4.78, 5) is 0. The van der Waals surface area contributed by atoms with Gasteiger partial charge in [0.15, 0.2) is 0 Å². The summed E-state index contributed by atoms with van der Waals surface area (Å²) < 4.78 is 5.77. The zero-order chi connectivity index (χ0) is 13.7. The lowest BCUT2D eigenvalue weighted by Crippen LogP contribution is -2.35. The molecule has 1 atom stereocenters. The van der Waals surface area contributed by atoms with E-state index in [0.29, 0.717) is 19.2 Å². The Morgan fingerprint density at radius 2 is 2.05 bits per heavy atom. The van der Waals surface area contributed by atoms with Crippen molar-refractivity contribution in [3.63, 3.8) is 0 Å². The predicted octanol–water partition coefficient (Wildman–Crippen LogP) is 2.08. The fourth-order valence-corrected chi connectivity index (χ4v) is 2.20. The number of nitrogens with one attached hydrogen (secondary N) is 1. The number of aliphatic hydroxyl groups is 1. The highest BCUT2D eigenvalue weighted by atomic mass is 16.5. The van der Waals surface area contributed by atoms with Crippen LogP contribution in [0.1, 0.15) is 25.0 Å². The van der Waals surface area contributed by atoms with Crippen LogP contribution in [0.25, 0.3) is 0 Å². The Morgan fingerprint density at radius 3 is 2.84 bits per heavy atom. The standard InChI is InChI=1S/C16H23NO2/c1-12(2)17-10-14(18)11-19-16-9-5-7-13-6-3-4-8-15(13)16/h3-5,7,9,12,14,17-18H,6,8,10-11H2,1-2H3/t14-/m0/s1. The highest BCUT2D eigenvalue weighted by molar-refractivity contribution is 5.44. The fourth-order valence-electron chi connectivity index (χ4n) is 2.20. The topological polar surface area (TPSA) is 41.5 Å². The van der Waals surface area contributed by atoms with E-state index in [2.05, 4.69) is 37.4 Å². The van der Waals surface area contributed by atoms with E-state index in [4.69, 9.17) is 4.74 Å². The molecule has 0 aliphatic heterocycles. The summed E-state index contributed by atoms with van der Waals surface area (Å²) in [6, 6.07) is 6.53. The molecule has 0 heterocycles. The van der Waals surface area contributed by atoms with Crippen LogP contribution in [0.4, 0.5) is 0 Å². The molecule has 1 aromatic carbocycles. The highest BCUT2D eigenvalue weighted by Crippen LogP contribution is 2.26. The monoisotopic (exact) mass is 261 g/mol. The molecule has 0 amide bonds. The molecule has 3 heteroatoms. The third kappa shape index (κ3) is 4.08. The van der Waals surface area contributed by atoms with E-state index in [1.54, 1.807) is 0 Å². The van der Waals surface area contributed by atoms with Crippen LogP contribution in [0.3, 0.4) is 0 Å². The van der Waals surface area contributed by atoms with E-state index >= 15 is 0 Å². The number of fused-ring (bicyclic) bond motifs is 1. The Kier molecular flexibility index (Phi) is 5.00. The van der Waals surface area contributed by atoms with Gasteiger partial charge in [-0.05, 0) is 24.5 Å². The summed E-state index contributed by atoms with van der Waals surface area (Å²) in [5.74, 6) is 0.908. The van der Waals surface area contributed by atoms with Crippen LogP contribution in [0, 0.1) is 0 Å². The van der Waals surface area contributed by atoms with Gasteiger partial charge in [-0.3, -0.25) is 0 Å². The van der Waals surface area contributed by atoms with Crippen LogP contribution < -0.4 is 10.1 Å². The van der Waals surface area contributed by atoms with Crippen molar-refractivity contribution in [2.24, 2.45) is 0 Å². The molecular formula is C16H23NO2. The molecule has 0 radical (unpaired) electrons. The minimum absolute atomic E-state index is 0.333. The molecule has 0 fully saturated rings. The first-order valence-corrected chi connectivity index (χ1v) is 6.97. The van der Waals surface area contributed by atoms with Crippen molar-refractivity contribution in [1.29, 1.82) is 0 Å². The molecule has 0 unspecified atom stereocenters. The van der Waals surface area contributed by atoms with E-state index in [1.807, 2.05) is 12.1 Å². The molecule has 0 bridgehead atoms. The molecule has 0 aromatic heterocycles. The first-order chi connectivity index (χ1) is 9.16. The average molecular weight is 261 g/mol. The summed E-state index contributed by atoms with van der Waals surface area (Å²) in [5.41, 5.74) is 2.59. The van der Waals surface area contributed by atoms with Gasteiger partial charge >= 0.3 is 0 Å². The summed E-state index contributed by atoms with van der Waals surface area (Å²) in [6.07, 6.45) is 5.78. The lowest BCUT2D eigenvalue weighted by molar-refractivity contribution is 0.104. The smallest absolute Gasteiger partial charge is 0.123 e. The van der Waals surface area contributed by atoms with Crippen molar-refractivity contribution in [2.75, 3.05) is 13.2 Å². The fraction of sp³-hybridized carbons (Fsp3) is 0.500. The molecule has 1 aliphatic carbocycles. The van der Waals surface area contributed by atoms with Crippen molar-refractivity contribution in [1.82, 2.24) is 5.32 Å². The number of allylic oxidation sites excluding steroid dienone is 2. The summed E-state index contributed by atoms with van der Waals surface area (Å²) in [7, 11) is 0. The minimum Gasteiger partial charge on any atom is -0.491 e. The Balaban J connectivity index is 1.90. The normalized spacial score (nSPS) is 15.4. The van der Waals surface area contributed by atoms with Crippen LogP contribution in [-0.4, -0.2) is 30.4 Å². The molecule has 19 heavy (non-hydrogen) atoms. The van der Waals surface area contributed by atoms with Gasteiger partial charge in [0.2, 0.25) is 0 Å². The second kappa shape index (κ2) is 6.73. The summed E-state index contributed by atoms with van der Waals surface area (Å²) >= 11 is 0. The van der Waals surface area contributed by atoms with E-state index in [9.17, 15) is 5.11 Å². The van der Waals surface area contributed by atoms with Crippen molar-refractivity contribution < 1.29 is 9.84 Å². The number of hydrogen-bond donors (Lipinski definition) is 2. The van der Waals surface area contributed by atoms with Crippen molar-refractivity contribution in [3.05, 3.63) is 41.5 Å². The molecule has 1 aromatic rings. The van der Waals surface area contributed by atoms with Gasteiger partial charge in [0.1, 0.15) is 18.5 Å². The maximum atomic E-state index is 9.86.